The summed E-state index contributed by atoms with van der Waals surface area (Å²) in [7, 11) is -5.14. The van der Waals surface area contributed by atoms with Crippen molar-refractivity contribution in [2.75, 3.05) is 0 Å². The Morgan fingerprint density at radius 3 is 1.12 bits per heavy atom. The van der Waals surface area contributed by atoms with E-state index in [1.54, 1.807) is 0 Å². The van der Waals surface area contributed by atoms with Gasteiger partial charge in [0.25, 0.3) is 0 Å². The molecule has 8 heteroatoms. The topological polar surface area (TPSA) is 57.5 Å². The first-order valence-corrected chi connectivity index (χ1v) is 2.25. The first kappa shape index (κ1) is 22.5. The molecule has 3 nitrogen and oxygen atoms in total. The van der Waals surface area contributed by atoms with Crippen molar-refractivity contribution < 1.29 is 18.5 Å². The molecule has 0 saturated heterocycles. The molecule has 8 heavy (non-hydrogen) atoms. The van der Waals surface area contributed by atoms with Gasteiger partial charge in [0.15, 0.2) is 0 Å². The van der Waals surface area contributed by atoms with Gasteiger partial charge in [0.1, 0.15) is 0 Å². The van der Waals surface area contributed by atoms with Crippen LogP contribution >= 0.6 is 7.91 Å². The average Bonchev–Trinajstić information content (AvgIpc) is 0.722. The number of hydrogen-bond donors (Lipinski definition) is 2. The summed E-state index contributed by atoms with van der Waals surface area (Å²) in [6.07, 6.45) is 0. The Morgan fingerprint density at radius 1 is 1.12 bits per heavy atom. The van der Waals surface area contributed by atoms with Crippen molar-refractivity contribution in [3.8, 4) is 0 Å². The van der Waals surface area contributed by atoms with Crippen LogP contribution in [0.3, 0.4) is 0 Å². The molecular formula is H5FNa3O3P. The zero-order chi connectivity index (χ0) is 4.50. The first-order chi connectivity index (χ1) is 2.00. The molecule has 0 spiro atoms. The van der Waals surface area contributed by atoms with E-state index >= 15 is 0 Å². The van der Waals surface area contributed by atoms with Crippen LogP contribution in [0.5, 0.6) is 0 Å². The Kier molecular flexibility index (Phi) is 28.3. The van der Waals surface area contributed by atoms with Crippen molar-refractivity contribution in [3.05, 3.63) is 0 Å². The second kappa shape index (κ2) is 10.1. The Morgan fingerprint density at radius 2 is 1.12 bits per heavy atom. The summed E-state index contributed by atoms with van der Waals surface area (Å²) in [5, 5.41) is 0. The second-order valence-corrected chi connectivity index (χ2v) is 1.42. The molecule has 0 aliphatic heterocycles. The normalized spacial score (nSPS) is 7.38. The van der Waals surface area contributed by atoms with Gasteiger partial charge in [-0.1, -0.05) is 0 Å². The predicted octanol–water partition coefficient (Wildman–Crippen LogP) is -1.90. The molecule has 0 radical (unpaired) electrons. The Labute approximate surface area is 113 Å². The number of hydrogen-bond acceptors (Lipinski definition) is 1. The van der Waals surface area contributed by atoms with E-state index in [1.165, 1.54) is 0 Å². The summed E-state index contributed by atoms with van der Waals surface area (Å²) in [6, 6.07) is 0. The van der Waals surface area contributed by atoms with E-state index in [4.69, 9.17) is 14.4 Å². The van der Waals surface area contributed by atoms with Crippen molar-refractivity contribution in [1.29, 1.82) is 0 Å². The fraction of sp³-hybridized carbons (Fsp3) is 0. The minimum absolute atomic E-state index is 0. The molecule has 0 rings (SSSR count). The Hall–Kier alpha value is 3.08. The van der Waals surface area contributed by atoms with Crippen LogP contribution in [0.2, 0.25) is 0 Å². The van der Waals surface area contributed by atoms with Crippen LogP contribution in [0.25, 0.3) is 0 Å². The van der Waals surface area contributed by atoms with Crippen molar-refractivity contribution in [1.82, 2.24) is 0 Å². The second-order valence-electron chi connectivity index (χ2n) is 0.473. The van der Waals surface area contributed by atoms with Crippen molar-refractivity contribution in [2.24, 2.45) is 0 Å². The van der Waals surface area contributed by atoms with Crippen LogP contribution in [0, 0.1) is 0 Å². The monoisotopic (exact) mass is 172 g/mol. The van der Waals surface area contributed by atoms with Gasteiger partial charge in [0, 0.05) is 0 Å². The van der Waals surface area contributed by atoms with Crippen LogP contribution in [0.15, 0.2) is 0 Å². The van der Waals surface area contributed by atoms with Gasteiger partial charge in [-0.05, 0) is 0 Å². The van der Waals surface area contributed by atoms with Gasteiger partial charge in [-0.15, -0.1) is 4.20 Å². The molecule has 0 aromatic carbocycles. The van der Waals surface area contributed by atoms with Crippen LogP contribution in [0.4, 0.5) is 4.20 Å². The third-order valence-corrected chi connectivity index (χ3v) is 0. The van der Waals surface area contributed by atoms with E-state index in [1.807, 2.05) is 0 Å². The zero-order valence-corrected chi connectivity index (χ0v) is 3.02. The fourth-order valence-electron chi connectivity index (χ4n) is 0. The third kappa shape index (κ3) is 62.5. The summed E-state index contributed by atoms with van der Waals surface area (Å²) in [5.74, 6) is 0. The van der Waals surface area contributed by atoms with Gasteiger partial charge in [-0.3, -0.25) is 9.79 Å². The van der Waals surface area contributed by atoms with Crippen LogP contribution < -0.4 is 0 Å². The molecule has 2 N–H and O–H groups in total. The first-order valence-electron chi connectivity index (χ1n) is 0.752. The Bertz CT molecular complexity index is 60.7. The third-order valence-electron chi connectivity index (χ3n) is 0. The van der Waals surface area contributed by atoms with Crippen LogP contribution in [-0.2, 0) is 4.57 Å². The molecule has 0 aliphatic rings. The van der Waals surface area contributed by atoms with E-state index in [9.17, 15) is 4.20 Å². The molecule has 0 fully saturated rings. The van der Waals surface area contributed by atoms with Gasteiger partial charge in [0.2, 0.25) is 0 Å². The van der Waals surface area contributed by atoms with E-state index in [-0.39, 0.29) is 88.7 Å². The standard InChI is InChI=1S/FH2O3P.3Na.3H/c1-5(2,3)4;;;;;;/h(H2,2,3,4);;;;;;. The minimum atomic E-state index is -5.14. The molecule has 0 unspecified atom stereocenters. The maximum atomic E-state index is 10.4. The molecule has 0 aliphatic carbocycles. The summed E-state index contributed by atoms with van der Waals surface area (Å²) < 4.78 is 19.0. The SMILES string of the molecule is O=P(O)(O)F.[NaH].[NaH].[NaH]. The quantitative estimate of drug-likeness (QED) is 0.331. The van der Waals surface area contributed by atoms with Crippen molar-refractivity contribution >= 4 is 96.6 Å². The van der Waals surface area contributed by atoms with Gasteiger partial charge in [-0.25, -0.2) is 4.57 Å². The van der Waals surface area contributed by atoms with E-state index in [0.717, 1.165) is 0 Å². The van der Waals surface area contributed by atoms with Crippen molar-refractivity contribution in [2.45, 2.75) is 0 Å². The van der Waals surface area contributed by atoms with Gasteiger partial charge in [-0.2, -0.15) is 0 Å². The molecule has 0 heterocycles. The fourth-order valence-corrected chi connectivity index (χ4v) is 0. The maximum absolute atomic E-state index is 10.4. The number of rotatable bonds is 0. The van der Waals surface area contributed by atoms with Gasteiger partial charge < -0.3 is 0 Å². The average molecular weight is 172 g/mol. The summed E-state index contributed by atoms with van der Waals surface area (Å²) >= 11 is 0. The molecule has 0 amide bonds. The molecule has 0 atom stereocenters. The van der Waals surface area contributed by atoms with E-state index in [0.29, 0.717) is 0 Å². The van der Waals surface area contributed by atoms with Crippen LogP contribution in [-0.4, -0.2) is 98.5 Å². The van der Waals surface area contributed by atoms with E-state index in [2.05, 4.69) is 0 Å². The predicted molar refractivity (Wildman–Crippen MR) is 34.6 cm³/mol. The molecular weight excluding hydrogens is 167 g/mol. The molecule has 0 aromatic rings. The summed E-state index contributed by atoms with van der Waals surface area (Å²) in [6.45, 7) is 0. The van der Waals surface area contributed by atoms with E-state index < -0.39 is 7.91 Å². The summed E-state index contributed by atoms with van der Waals surface area (Å²) in [4.78, 5) is 13.9. The zero-order valence-electron chi connectivity index (χ0n) is 2.13. The van der Waals surface area contributed by atoms with Gasteiger partial charge >= 0.3 is 96.6 Å². The van der Waals surface area contributed by atoms with Crippen LogP contribution in [0.1, 0.15) is 0 Å². The van der Waals surface area contributed by atoms with Crippen molar-refractivity contribution in [3.63, 3.8) is 0 Å². The molecule has 0 aromatic heterocycles. The molecule has 0 bridgehead atoms. The van der Waals surface area contributed by atoms with Gasteiger partial charge in [0.05, 0.1) is 0 Å². The molecule has 38 valence electrons. The Balaban J connectivity index is -0.0000000267. The summed E-state index contributed by atoms with van der Waals surface area (Å²) in [5.41, 5.74) is 0. The number of halogens is 1. The molecule has 0 saturated carbocycles.